The van der Waals surface area contributed by atoms with Crippen molar-refractivity contribution in [2.75, 3.05) is 39.6 Å². The van der Waals surface area contributed by atoms with Crippen molar-refractivity contribution in [3.63, 3.8) is 0 Å². The fourth-order valence-electron chi connectivity index (χ4n) is 14.7. The molecule has 55 heteroatoms. The van der Waals surface area contributed by atoms with Crippen LogP contribution in [0, 0.1) is 0 Å². The Morgan fingerprint density at radius 2 is 0.598 bits per heavy atom. The summed E-state index contributed by atoms with van der Waals surface area (Å²) in [6.07, 6.45) is -87.2. The number of nitrogens with one attached hydrogen (secondary N) is 4. The zero-order chi connectivity index (χ0) is 86.8. The van der Waals surface area contributed by atoms with Gasteiger partial charge in [-0.15, -0.1) is 0 Å². The standard InChI is InChI=1S/C62H104N4O49S2/c1-14-31(75)39(83)42(86)58(99-14)110-49-29(65-19(6)73)56(103-22(9-68)35(49)79)109-48-28(64-18(5)72)57(104-21(8-67)34(48)78)113-52-37(81)24(11-70)106-62(53(52)114-60-44(88)41(85)33(77)16(3)101-60)111-47-27(63-17(4)71)54(90)102-25(38(47)82)12-97-55-30(66-20(7)74)50(112-59-43(87)40(84)32(76)15(2)100-59)46(26(107-55)13-98-116(91,92)93)108-61-45(89)51(115-117(94,95)96)36(80)23(10-69)105-61/h14-16,21-62,67-70,75-90H,8-13H2,1-7H3,(H,63,71)(H,64,72)(H,65,73)(H,66,74)(H,91,92,93)(H,94,95,96)/t14-,15-,16-,21+,22+,23+,24+,25+,26+,27+,28+,29+,30+,31+,32+,33+,34-,35+,36-,37-,38-,39+,40+,41+,42-,43-,44-,45+,46+,47+,48+,49+,50+,51-,52-,53+,54?,55+,56+,57+,58-,59-,60-,61-,62-/m0/s1. The first kappa shape index (κ1) is 97.0. The molecule has 0 aromatic heterocycles. The number of ether oxygens (including phenoxy) is 17. The van der Waals surface area contributed by atoms with Gasteiger partial charge < -0.3 is 204 Å². The molecule has 0 aromatic carbocycles. The predicted molar refractivity (Wildman–Crippen MR) is 360 cm³/mol. The summed E-state index contributed by atoms with van der Waals surface area (Å²) in [4.78, 5) is 53.1. The van der Waals surface area contributed by atoms with Crippen molar-refractivity contribution >= 4 is 44.4 Å². The number of rotatable bonds is 30. The fraction of sp³-hybridized carbons (Fsp3) is 0.935. The topological polar surface area (TPSA) is 805 Å². The van der Waals surface area contributed by atoms with Crippen molar-refractivity contribution in [3.05, 3.63) is 0 Å². The third-order valence-corrected chi connectivity index (χ3v) is 21.5. The van der Waals surface area contributed by atoms with Crippen molar-refractivity contribution in [2.24, 2.45) is 0 Å². The summed E-state index contributed by atoms with van der Waals surface area (Å²) in [5, 5.41) is 234. The molecule has 9 aliphatic rings. The van der Waals surface area contributed by atoms with Crippen LogP contribution in [0.2, 0.25) is 0 Å². The van der Waals surface area contributed by atoms with E-state index in [2.05, 4.69) is 29.6 Å². The van der Waals surface area contributed by atoms with Crippen molar-refractivity contribution in [2.45, 2.75) is 325 Å². The molecule has 26 N–H and O–H groups in total. The Labute approximate surface area is 664 Å². The Kier molecular flexibility index (Phi) is 33.9. The van der Waals surface area contributed by atoms with E-state index in [0.29, 0.717) is 0 Å². The molecule has 9 aliphatic heterocycles. The maximum Gasteiger partial charge on any atom is 0.397 e. The van der Waals surface area contributed by atoms with Gasteiger partial charge in [0.2, 0.25) is 23.6 Å². The summed E-state index contributed by atoms with van der Waals surface area (Å²) >= 11 is 0. The molecule has 117 heavy (non-hydrogen) atoms. The minimum atomic E-state index is -5.62. The van der Waals surface area contributed by atoms with Gasteiger partial charge in [0.05, 0.1) is 58.0 Å². The van der Waals surface area contributed by atoms with Crippen molar-refractivity contribution in [1.82, 2.24) is 21.3 Å². The molecule has 45 atom stereocenters. The largest absolute Gasteiger partial charge is 0.397 e. The monoisotopic (exact) mass is 1750 g/mol. The molecule has 4 amide bonds. The van der Waals surface area contributed by atoms with E-state index in [0.717, 1.165) is 27.7 Å². The summed E-state index contributed by atoms with van der Waals surface area (Å²) in [5.41, 5.74) is 0. The second-order valence-electron chi connectivity index (χ2n) is 29.1. The van der Waals surface area contributed by atoms with Crippen LogP contribution < -0.4 is 21.3 Å². The first-order valence-electron chi connectivity index (χ1n) is 36.5. The molecule has 0 spiro atoms. The van der Waals surface area contributed by atoms with Crippen molar-refractivity contribution in [3.8, 4) is 0 Å². The molecule has 0 aromatic rings. The number of hydrogen-bond acceptors (Lipinski definition) is 47. The lowest BCUT2D eigenvalue weighted by atomic mass is 9.93. The lowest BCUT2D eigenvalue weighted by Gasteiger charge is -2.52. The van der Waals surface area contributed by atoms with Gasteiger partial charge in [0.1, 0.15) is 201 Å². The van der Waals surface area contributed by atoms with E-state index in [1.165, 1.54) is 20.8 Å². The van der Waals surface area contributed by atoms with E-state index < -0.39 is 360 Å². The fourth-order valence-corrected chi connectivity index (χ4v) is 15.5. The van der Waals surface area contributed by atoms with Gasteiger partial charge in [0.25, 0.3) is 0 Å². The van der Waals surface area contributed by atoms with Crippen LogP contribution in [-0.4, -0.2) is 467 Å². The minimum Gasteiger partial charge on any atom is -0.394 e. The highest BCUT2D eigenvalue weighted by atomic mass is 32.3. The Balaban J connectivity index is 1.08. The van der Waals surface area contributed by atoms with Gasteiger partial charge in [-0.05, 0) is 20.8 Å². The number of aliphatic hydroxyl groups is 20. The normalized spacial score (nSPS) is 47.6. The smallest absolute Gasteiger partial charge is 0.394 e. The van der Waals surface area contributed by atoms with E-state index >= 15 is 0 Å². The molecule has 1 unspecified atom stereocenters. The maximum absolute atomic E-state index is 13.5. The van der Waals surface area contributed by atoms with Crippen LogP contribution in [0.15, 0.2) is 0 Å². The maximum atomic E-state index is 13.5. The molecule has 9 rings (SSSR count). The summed E-state index contributed by atoms with van der Waals surface area (Å²) in [6.45, 7) is -0.277. The molecule has 0 bridgehead atoms. The summed E-state index contributed by atoms with van der Waals surface area (Å²) in [5.74, 6) is -4.03. The zero-order valence-corrected chi connectivity index (χ0v) is 64.5. The van der Waals surface area contributed by atoms with Gasteiger partial charge in [0, 0.05) is 27.7 Å². The van der Waals surface area contributed by atoms with Crippen molar-refractivity contribution in [1.29, 1.82) is 0 Å². The van der Waals surface area contributed by atoms with E-state index in [-0.39, 0.29) is 0 Å². The Hall–Kier alpha value is -3.86. The number of carbonyl (C=O) groups excluding carboxylic acids is 4. The van der Waals surface area contributed by atoms with Crippen LogP contribution in [0.3, 0.4) is 0 Å². The van der Waals surface area contributed by atoms with Gasteiger partial charge >= 0.3 is 20.8 Å². The molecule has 678 valence electrons. The SMILES string of the molecule is CC(=O)N[C@H]1[C@H](OC[C@H]2OC(O)[C@H](NC(C)=O)[C@@H](O[C@@H]3O[C@H](CO)[C@H](O)[C@H](O[C@H]4O[C@H](CO)[C@H](O)[C@H](O[C@H]5O[C@H](CO)[C@@H](O)[C@H](O[C@@H]6O[C@@H](C)[C@@H](O)[C@@H](O)[C@@H]6O)[C@H]5NC(C)=O)[C@H]4NC(C)=O)[C@H]3O[C@@H]3O[C@@H](C)[C@@H](O)[C@@H](O)[C@@H]3O)[C@H]2O)O[C@H](COS(=O)(=O)O)[C@@H](O[C@@H]2O[C@H](CO)[C@H](O)[C@H](OS(=O)(=O)O)[C@H]2O)[C@@H]1O[C@@H]1O[C@@H](C)[C@@H](O)[C@@H](O)[C@@H]1O. The van der Waals surface area contributed by atoms with E-state index in [1.807, 2.05) is 0 Å². The predicted octanol–water partition coefficient (Wildman–Crippen LogP) is -17.3. The Bertz CT molecular complexity index is 3470. The molecule has 9 heterocycles. The molecule has 9 saturated heterocycles. The van der Waals surface area contributed by atoms with E-state index in [1.54, 1.807) is 0 Å². The molecule has 0 radical (unpaired) electrons. The first-order valence-corrected chi connectivity index (χ1v) is 39.2. The third kappa shape index (κ3) is 22.8. The van der Waals surface area contributed by atoms with Crippen LogP contribution in [0.25, 0.3) is 0 Å². The van der Waals surface area contributed by atoms with Crippen LogP contribution in [0.5, 0.6) is 0 Å². The molecule has 9 fully saturated rings. The van der Waals surface area contributed by atoms with Gasteiger partial charge in [0.15, 0.2) is 56.6 Å². The highest BCUT2D eigenvalue weighted by Crippen LogP contribution is 2.41. The summed E-state index contributed by atoms with van der Waals surface area (Å²) in [6, 6.07) is -8.07. The average molecular weight is 1750 g/mol. The number of amides is 4. The van der Waals surface area contributed by atoms with E-state index in [4.69, 9.17) is 80.5 Å². The Morgan fingerprint density at radius 1 is 0.291 bits per heavy atom. The number of aliphatic hydroxyl groups excluding tert-OH is 20. The molecular weight excluding hydrogens is 1650 g/mol. The van der Waals surface area contributed by atoms with Gasteiger partial charge in [-0.2, -0.15) is 16.8 Å². The highest BCUT2D eigenvalue weighted by molar-refractivity contribution is 7.81. The van der Waals surface area contributed by atoms with Gasteiger partial charge in [-0.25, -0.2) is 8.37 Å². The Morgan fingerprint density at radius 3 is 1.01 bits per heavy atom. The van der Waals surface area contributed by atoms with Crippen LogP contribution in [0.1, 0.15) is 48.5 Å². The minimum absolute atomic E-state index is 0.856. The van der Waals surface area contributed by atoms with Crippen molar-refractivity contribution < 1.29 is 236 Å². The second kappa shape index (κ2) is 40.9. The molecule has 0 aliphatic carbocycles. The lowest BCUT2D eigenvalue weighted by molar-refractivity contribution is -0.400. The van der Waals surface area contributed by atoms with Crippen LogP contribution in [0.4, 0.5) is 0 Å². The summed E-state index contributed by atoms with van der Waals surface area (Å²) < 4.78 is 180. The lowest BCUT2D eigenvalue weighted by Crippen LogP contribution is -2.72. The first-order chi connectivity index (χ1) is 54.7. The average Bonchev–Trinajstić information content (AvgIpc) is 0.761. The quantitative estimate of drug-likeness (QED) is 0.0297. The third-order valence-electron chi connectivity index (χ3n) is 20.6. The molecule has 53 nitrogen and oxygen atoms in total. The summed E-state index contributed by atoms with van der Waals surface area (Å²) in [7, 11) is -11.2. The second-order valence-corrected chi connectivity index (χ2v) is 31.3. The van der Waals surface area contributed by atoms with Crippen LogP contribution in [-0.2, 0) is 129 Å². The number of carbonyl (C=O) groups is 4. The molecule has 0 saturated carbocycles. The van der Waals surface area contributed by atoms with Crippen LogP contribution >= 0.6 is 0 Å². The number of hydrogen-bond donors (Lipinski definition) is 26. The zero-order valence-electron chi connectivity index (χ0n) is 62.9. The highest BCUT2D eigenvalue weighted by Gasteiger charge is 2.62. The van der Waals surface area contributed by atoms with Gasteiger partial charge in [-0.3, -0.25) is 28.3 Å². The molecular formula is C62H104N4O49S2. The van der Waals surface area contributed by atoms with Gasteiger partial charge in [-0.1, -0.05) is 0 Å². The van der Waals surface area contributed by atoms with E-state index in [9.17, 15) is 147 Å².